The Morgan fingerprint density at radius 1 is 1.14 bits per heavy atom. The summed E-state index contributed by atoms with van der Waals surface area (Å²) < 4.78 is 4.51. The van der Waals surface area contributed by atoms with Crippen LogP contribution in [0, 0.1) is 5.92 Å². The molecular formula is C20H27N5O3. The van der Waals surface area contributed by atoms with Crippen molar-refractivity contribution in [1.29, 1.82) is 0 Å². The fourth-order valence-corrected chi connectivity index (χ4v) is 4.26. The molecular weight excluding hydrogens is 358 g/mol. The largest absolute Gasteiger partial charge is 0.337 e. The summed E-state index contributed by atoms with van der Waals surface area (Å²) in [5, 5.41) is 0. The fourth-order valence-electron chi connectivity index (χ4n) is 4.26. The molecule has 1 saturated heterocycles. The Morgan fingerprint density at radius 3 is 2.64 bits per heavy atom. The predicted octanol–water partition coefficient (Wildman–Crippen LogP) is 1.10. The number of piperidine rings is 1. The molecule has 2 aromatic rings. The van der Waals surface area contributed by atoms with Crippen LogP contribution >= 0.6 is 0 Å². The molecule has 0 aromatic carbocycles. The number of aromatic nitrogens is 4. The molecule has 0 spiro atoms. The third kappa shape index (κ3) is 3.31. The van der Waals surface area contributed by atoms with Crippen molar-refractivity contribution < 1.29 is 4.79 Å². The molecule has 1 saturated carbocycles. The molecule has 2 aromatic heterocycles. The van der Waals surface area contributed by atoms with E-state index in [0.29, 0.717) is 13.1 Å². The van der Waals surface area contributed by atoms with Crippen molar-refractivity contribution >= 4 is 5.91 Å². The van der Waals surface area contributed by atoms with E-state index < -0.39 is 11.2 Å². The molecule has 0 unspecified atom stereocenters. The summed E-state index contributed by atoms with van der Waals surface area (Å²) in [5.41, 5.74) is -0.803. The minimum atomic E-state index is -0.486. The van der Waals surface area contributed by atoms with Crippen molar-refractivity contribution in [2.45, 2.75) is 44.6 Å². The first kappa shape index (κ1) is 18.7. The first-order valence-electron chi connectivity index (χ1n) is 10.0. The van der Waals surface area contributed by atoms with Gasteiger partial charge >= 0.3 is 5.69 Å². The second kappa shape index (κ2) is 7.41. The van der Waals surface area contributed by atoms with E-state index in [0.717, 1.165) is 35.7 Å². The molecule has 1 atom stereocenters. The van der Waals surface area contributed by atoms with Crippen LogP contribution in [0.1, 0.15) is 54.3 Å². The Bertz CT molecular complexity index is 998. The van der Waals surface area contributed by atoms with Gasteiger partial charge in [0.05, 0.1) is 0 Å². The lowest BCUT2D eigenvalue weighted by molar-refractivity contribution is 0.0690. The van der Waals surface area contributed by atoms with Gasteiger partial charge in [-0.05, 0) is 31.6 Å². The van der Waals surface area contributed by atoms with Crippen LogP contribution in [0.15, 0.2) is 28.0 Å². The van der Waals surface area contributed by atoms with Crippen molar-refractivity contribution in [3.63, 3.8) is 0 Å². The first-order valence-corrected chi connectivity index (χ1v) is 10.0. The lowest BCUT2D eigenvalue weighted by atomic mass is 9.85. The van der Waals surface area contributed by atoms with Crippen molar-refractivity contribution in [1.82, 2.24) is 23.6 Å². The molecule has 150 valence electrons. The average Bonchev–Trinajstić information content (AvgIpc) is 3.14. The van der Waals surface area contributed by atoms with Gasteiger partial charge < -0.3 is 9.47 Å². The van der Waals surface area contributed by atoms with Gasteiger partial charge in [0.2, 0.25) is 0 Å². The predicted molar refractivity (Wildman–Crippen MR) is 104 cm³/mol. The van der Waals surface area contributed by atoms with Crippen LogP contribution in [0.3, 0.4) is 0 Å². The number of rotatable bonds is 4. The van der Waals surface area contributed by atoms with E-state index in [1.165, 1.54) is 44.0 Å². The molecule has 2 aliphatic rings. The molecule has 2 fully saturated rings. The zero-order chi connectivity index (χ0) is 19.8. The van der Waals surface area contributed by atoms with Gasteiger partial charge in [-0.2, -0.15) is 0 Å². The molecule has 1 aliphatic carbocycles. The Kier molecular flexibility index (Phi) is 4.95. The Labute approximate surface area is 163 Å². The Hall–Kier alpha value is -2.64. The van der Waals surface area contributed by atoms with E-state index in [2.05, 4.69) is 9.55 Å². The minimum Gasteiger partial charge on any atom is -0.337 e. The first-order chi connectivity index (χ1) is 13.5. The van der Waals surface area contributed by atoms with Crippen LogP contribution in [-0.4, -0.2) is 42.6 Å². The van der Waals surface area contributed by atoms with Crippen molar-refractivity contribution in [3.8, 4) is 0 Å². The maximum Gasteiger partial charge on any atom is 0.331 e. The number of carbonyl (C=O) groups excluding carboxylic acids is 1. The highest BCUT2D eigenvalue weighted by molar-refractivity contribution is 5.92. The zero-order valence-corrected chi connectivity index (χ0v) is 16.5. The summed E-state index contributed by atoms with van der Waals surface area (Å²) in [7, 11) is 2.94. The number of hydrogen-bond donors (Lipinski definition) is 0. The zero-order valence-electron chi connectivity index (χ0n) is 16.5. The van der Waals surface area contributed by atoms with Crippen molar-refractivity contribution in [2.24, 2.45) is 20.0 Å². The van der Waals surface area contributed by atoms with E-state index in [4.69, 9.17) is 0 Å². The van der Waals surface area contributed by atoms with Crippen LogP contribution in [0.4, 0.5) is 0 Å². The number of amides is 1. The van der Waals surface area contributed by atoms with E-state index in [-0.39, 0.29) is 17.5 Å². The summed E-state index contributed by atoms with van der Waals surface area (Å²) in [6.45, 7) is 2.19. The minimum absolute atomic E-state index is 0.145. The fraction of sp³-hybridized carbons (Fsp3) is 0.600. The summed E-state index contributed by atoms with van der Waals surface area (Å²) >= 11 is 0. The maximum absolute atomic E-state index is 13.1. The van der Waals surface area contributed by atoms with Crippen LogP contribution in [0.2, 0.25) is 0 Å². The van der Waals surface area contributed by atoms with E-state index in [9.17, 15) is 14.4 Å². The second-order valence-electron chi connectivity index (χ2n) is 8.09. The summed E-state index contributed by atoms with van der Waals surface area (Å²) in [6, 6.07) is 1.25. The number of carbonyl (C=O) groups is 1. The topological polar surface area (TPSA) is 82.1 Å². The molecule has 3 heterocycles. The lowest BCUT2D eigenvalue weighted by Crippen LogP contribution is -2.45. The van der Waals surface area contributed by atoms with Gasteiger partial charge in [-0.25, -0.2) is 9.78 Å². The Balaban J connectivity index is 1.55. The molecule has 0 radical (unpaired) electrons. The van der Waals surface area contributed by atoms with E-state index >= 15 is 0 Å². The third-order valence-corrected chi connectivity index (χ3v) is 6.25. The standard InChI is InChI=1S/C20H27N5O3/c1-22-16(11-17(26)23(2)20(22)28)19(27)25-9-4-7-15(13-25)18-21-8-10-24(18)12-14-5-3-6-14/h8,10-11,14-15H,3-7,9,12-13H2,1-2H3/t15-/m0/s1. The van der Waals surface area contributed by atoms with Crippen LogP contribution in [0.25, 0.3) is 0 Å². The molecule has 8 heteroatoms. The van der Waals surface area contributed by atoms with Gasteiger partial charge in [0.1, 0.15) is 11.5 Å². The number of nitrogens with zero attached hydrogens (tertiary/aromatic N) is 5. The van der Waals surface area contributed by atoms with Gasteiger partial charge in [-0.3, -0.25) is 18.7 Å². The molecule has 0 N–H and O–H groups in total. The number of hydrogen-bond acceptors (Lipinski definition) is 4. The third-order valence-electron chi connectivity index (χ3n) is 6.25. The summed E-state index contributed by atoms with van der Waals surface area (Å²) in [6.07, 6.45) is 9.63. The highest BCUT2D eigenvalue weighted by Crippen LogP contribution is 2.31. The van der Waals surface area contributed by atoms with Crippen LogP contribution < -0.4 is 11.2 Å². The molecule has 28 heavy (non-hydrogen) atoms. The van der Waals surface area contributed by atoms with E-state index in [1.54, 1.807) is 4.90 Å². The lowest BCUT2D eigenvalue weighted by Gasteiger charge is -2.34. The SMILES string of the molecule is Cn1c(C(=O)N2CCC[C@H](c3nccn3CC3CCC3)C2)cc(=O)n(C)c1=O. The quantitative estimate of drug-likeness (QED) is 0.789. The molecule has 0 bridgehead atoms. The highest BCUT2D eigenvalue weighted by Gasteiger charge is 2.30. The van der Waals surface area contributed by atoms with Gasteiger partial charge in [0, 0.05) is 58.1 Å². The number of imidazole rings is 1. The number of likely N-dealkylation sites (tertiary alicyclic amines) is 1. The summed E-state index contributed by atoms with van der Waals surface area (Å²) in [5.74, 6) is 1.70. The van der Waals surface area contributed by atoms with Gasteiger partial charge in [0.25, 0.3) is 11.5 Å². The molecule has 8 nitrogen and oxygen atoms in total. The van der Waals surface area contributed by atoms with Crippen molar-refractivity contribution in [2.75, 3.05) is 13.1 Å². The molecule has 4 rings (SSSR count). The normalized spacial score (nSPS) is 20.2. The smallest absolute Gasteiger partial charge is 0.331 e. The average molecular weight is 385 g/mol. The highest BCUT2D eigenvalue weighted by atomic mass is 16.2. The molecule has 1 aliphatic heterocycles. The van der Waals surface area contributed by atoms with Gasteiger partial charge in [-0.15, -0.1) is 0 Å². The van der Waals surface area contributed by atoms with Crippen LogP contribution in [-0.2, 0) is 20.6 Å². The maximum atomic E-state index is 13.1. The molecule has 1 amide bonds. The Morgan fingerprint density at radius 2 is 1.93 bits per heavy atom. The van der Waals surface area contributed by atoms with Crippen molar-refractivity contribution in [3.05, 3.63) is 50.8 Å². The van der Waals surface area contributed by atoms with E-state index in [1.807, 2.05) is 12.4 Å². The second-order valence-corrected chi connectivity index (χ2v) is 8.09. The summed E-state index contributed by atoms with van der Waals surface area (Å²) in [4.78, 5) is 43.6. The monoisotopic (exact) mass is 385 g/mol. The van der Waals surface area contributed by atoms with Gasteiger partial charge in [0.15, 0.2) is 0 Å². The van der Waals surface area contributed by atoms with Gasteiger partial charge in [-0.1, -0.05) is 6.42 Å². The van der Waals surface area contributed by atoms with Crippen LogP contribution in [0.5, 0.6) is 0 Å².